The second-order valence-corrected chi connectivity index (χ2v) is 8.20. The molecule has 3 fully saturated rings. The number of aromatic amines is 1. The van der Waals surface area contributed by atoms with Gasteiger partial charge in [0.2, 0.25) is 5.91 Å². The monoisotopic (exact) mass is 373 g/mol. The van der Waals surface area contributed by atoms with E-state index in [0.717, 1.165) is 38.7 Å². The van der Waals surface area contributed by atoms with E-state index in [0.29, 0.717) is 25.4 Å². The summed E-state index contributed by atoms with van der Waals surface area (Å²) in [4.78, 5) is 49.3. The van der Waals surface area contributed by atoms with Crippen molar-refractivity contribution in [3.05, 3.63) is 28.4 Å². The molecule has 1 aromatic heterocycles. The van der Waals surface area contributed by atoms with Crippen LogP contribution in [0.1, 0.15) is 42.6 Å². The molecular formula is C19H27N5O3. The maximum Gasteiger partial charge on any atom is 0.274 e. The Morgan fingerprint density at radius 3 is 2.78 bits per heavy atom. The molecular weight excluding hydrogens is 346 g/mol. The Hall–Kier alpha value is -2.22. The van der Waals surface area contributed by atoms with E-state index in [-0.39, 0.29) is 28.6 Å². The highest BCUT2D eigenvalue weighted by Crippen LogP contribution is 2.35. The summed E-state index contributed by atoms with van der Waals surface area (Å²) in [5.74, 6) is 0.776. The quantitative estimate of drug-likeness (QED) is 0.824. The highest BCUT2D eigenvalue weighted by Gasteiger charge is 2.44. The first-order valence-corrected chi connectivity index (χ1v) is 9.80. The van der Waals surface area contributed by atoms with E-state index in [1.807, 2.05) is 9.80 Å². The molecule has 2 amide bonds. The zero-order chi connectivity index (χ0) is 19.0. The van der Waals surface area contributed by atoms with Gasteiger partial charge in [0.1, 0.15) is 5.69 Å². The lowest BCUT2D eigenvalue weighted by molar-refractivity contribution is -0.130. The van der Waals surface area contributed by atoms with Gasteiger partial charge in [-0.25, -0.2) is 4.98 Å². The normalized spacial score (nSPS) is 27.1. The number of hydrogen-bond acceptors (Lipinski definition) is 5. The van der Waals surface area contributed by atoms with Gasteiger partial charge in [-0.2, -0.15) is 0 Å². The Kier molecular flexibility index (Phi) is 4.75. The van der Waals surface area contributed by atoms with Crippen LogP contribution in [0.2, 0.25) is 0 Å². The fraction of sp³-hybridized carbons (Fsp3) is 0.684. The number of carbonyl (C=O) groups excluding carboxylic acids is 2. The van der Waals surface area contributed by atoms with Crippen LogP contribution in [-0.2, 0) is 4.79 Å². The maximum absolute atomic E-state index is 12.9. The standard InChI is InChI=1S/C19H27N5O3/c1-22-8-9-24(18(27)15-10-21-16(25)11-20-15)13-19(22)5-4-17(26)23(7-6-19)12-14-2-3-14/h10-11,14H,2-9,12-13H2,1H3,(H,21,25). The third-order valence-electron chi connectivity index (χ3n) is 6.36. The maximum atomic E-state index is 12.9. The number of nitrogens with zero attached hydrogens (tertiary/aromatic N) is 4. The van der Waals surface area contributed by atoms with E-state index in [2.05, 4.69) is 21.9 Å². The molecule has 0 aromatic carbocycles. The predicted octanol–water partition coefficient (Wildman–Crippen LogP) is 0.319. The minimum Gasteiger partial charge on any atom is -0.342 e. The smallest absolute Gasteiger partial charge is 0.274 e. The number of carbonyl (C=O) groups is 2. The fourth-order valence-corrected chi connectivity index (χ4v) is 4.29. The molecule has 2 aliphatic heterocycles. The summed E-state index contributed by atoms with van der Waals surface area (Å²) in [5.41, 5.74) is -0.238. The van der Waals surface area contributed by atoms with E-state index in [4.69, 9.17) is 0 Å². The molecule has 8 nitrogen and oxygen atoms in total. The largest absolute Gasteiger partial charge is 0.342 e. The van der Waals surface area contributed by atoms with Gasteiger partial charge in [0.25, 0.3) is 11.5 Å². The van der Waals surface area contributed by atoms with Gasteiger partial charge in [0, 0.05) is 50.9 Å². The van der Waals surface area contributed by atoms with Crippen LogP contribution < -0.4 is 5.56 Å². The lowest BCUT2D eigenvalue weighted by Gasteiger charge is -2.49. The molecule has 3 heterocycles. The minimum absolute atomic E-state index is 0.163. The van der Waals surface area contributed by atoms with Crippen LogP contribution in [0.25, 0.3) is 0 Å². The van der Waals surface area contributed by atoms with Crippen LogP contribution in [0.5, 0.6) is 0 Å². The number of aromatic nitrogens is 2. The second-order valence-electron chi connectivity index (χ2n) is 8.20. The lowest BCUT2D eigenvalue weighted by Crippen LogP contribution is -2.62. The van der Waals surface area contributed by atoms with E-state index >= 15 is 0 Å². The van der Waals surface area contributed by atoms with Crippen molar-refractivity contribution in [2.75, 3.05) is 39.8 Å². The number of H-pyrrole nitrogens is 1. The summed E-state index contributed by atoms with van der Waals surface area (Å²) in [6.45, 7) is 3.64. The molecule has 1 spiro atoms. The molecule has 8 heteroatoms. The van der Waals surface area contributed by atoms with Crippen molar-refractivity contribution in [1.29, 1.82) is 0 Å². The Morgan fingerprint density at radius 1 is 1.26 bits per heavy atom. The fourth-order valence-electron chi connectivity index (χ4n) is 4.29. The molecule has 1 saturated carbocycles. The molecule has 0 radical (unpaired) electrons. The SMILES string of the molecule is CN1CCN(C(=O)c2c[nH]c(=O)cn2)CC12CCC(=O)N(CC1CC1)CC2. The number of likely N-dealkylation sites (N-methyl/N-ethyl adjacent to an activating group) is 1. The first-order valence-electron chi connectivity index (χ1n) is 9.80. The zero-order valence-corrected chi connectivity index (χ0v) is 15.8. The first kappa shape index (κ1) is 18.2. The van der Waals surface area contributed by atoms with Crippen molar-refractivity contribution in [2.24, 2.45) is 5.92 Å². The van der Waals surface area contributed by atoms with Crippen LogP contribution in [0, 0.1) is 5.92 Å². The summed E-state index contributed by atoms with van der Waals surface area (Å²) in [6.07, 6.45) is 7.18. The molecule has 1 unspecified atom stereocenters. The van der Waals surface area contributed by atoms with Crippen molar-refractivity contribution < 1.29 is 9.59 Å². The Morgan fingerprint density at radius 2 is 2.07 bits per heavy atom. The van der Waals surface area contributed by atoms with Gasteiger partial charge in [0.15, 0.2) is 0 Å². The second kappa shape index (κ2) is 7.07. The van der Waals surface area contributed by atoms with E-state index in [1.54, 1.807) is 0 Å². The van der Waals surface area contributed by atoms with Crippen molar-refractivity contribution in [3.8, 4) is 0 Å². The Bertz CT molecular complexity index is 769. The third-order valence-corrected chi connectivity index (χ3v) is 6.36. The van der Waals surface area contributed by atoms with Crippen LogP contribution >= 0.6 is 0 Å². The number of piperazine rings is 1. The molecule has 2 saturated heterocycles. The van der Waals surface area contributed by atoms with Gasteiger partial charge < -0.3 is 14.8 Å². The molecule has 146 valence electrons. The molecule has 1 N–H and O–H groups in total. The number of likely N-dealkylation sites (tertiary alicyclic amines) is 1. The van der Waals surface area contributed by atoms with Crippen molar-refractivity contribution in [2.45, 2.75) is 37.6 Å². The molecule has 3 aliphatic rings. The van der Waals surface area contributed by atoms with Crippen molar-refractivity contribution >= 4 is 11.8 Å². The Labute approximate surface area is 158 Å². The van der Waals surface area contributed by atoms with E-state index in [1.165, 1.54) is 19.0 Å². The van der Waals surface area contributed by atoms with E-state index in [9.17, 15) is 14.4 Å². The summed E-state index contributed by atoms with van der Waals surface area (Å²) in [5, 5.41) is 0. The zero-order valence-electron chi connectivity index (χ0n) is 15.8. The summed E-state index contributed by atoms with van der Waals surface area (Å²) >= 11 is 0. The summed E-state index contributed by atoms with van der Waals surface area (Å²) in [7, 11) is 2.10. The Balaban J connectivity index is 1.49. The van der Waals surface area contributed by atoms with Gasteiger partial charge in [-0.15, -0.1) is 0 Å². The lowest BCUT2D eigenvalue weighted by atomic mass is 9.86. The van der Waals surface area contributed by atoms with Crippen LogP contribution in [0.15, 0.2) is 17.2 Å². The molecule has 0 bridgehead atoms. The van der Waals surface area contributed by atoms with Crippen LogP contribution in [0.4, 0.5) is 0 Å². The summed E-state index contributed by atoms with van der Waals surface area (Å²) < 4.78 is 0. The average Bonchev–Trinajstić information content (AvgIpc) is 3.50. The highest BCUT2D eigenvalue weighted by atomic mass is 16.2. The minimum atomic E-state index is -0.320. The third kappa shape index (κ3) is 3.76. The number of amides is 2. The molecule has 1 aliphatic carbocycles. The van der Waals surface area contributed by atoms with Crippen LogP contribution in [-0.4, -0.2) is 81.8 Å². The molecule has 27 heavy (non-hydrogen) atoms. The van der Waals surface area contributed by atoms with Crippen molar-refractivity contribution in [1.82, 2.24) is 24.7 Å². The summed E-state index contributed by atoms with van der Waals surface area (Å²) in [6, 6.07) is 0. The number of hydrogen-bond donors (Lipinski definition) is 1. The highest BCUT2D eigenvalue weighted by molar-refractivity contribution is 5.92. The van der Waals surface area contributed by atoms with Gasteiger partial charge >= 0.3 is 0 Å². The van der Waals surface area contributed by atoms with Gasteiger partial charge in [-0.1, -0.05) is 0 Å². The number of nitrogens with one attached hydrogen (secondary N) is 1. The van der Waals surface area contributed by atoms with Crippen LogP contribution in [0.3, 0.4) is 0 Å². The molecule has 1 atom stereocenters. The van der Waals surface area contributed by atoms with Gasteiger partial charge in [-0.05, 0) is 38.6 Å². The molecule has 4 rings (SSSR count). The van der Waals surface area contributed by atoms with Crippen molar-refractivity contribution in [3.63, 3.8) is 0 Å². The van der Waals surface area contributed by atoms with Gasteiger partial charge in [0.05, 0.1) is 6.20 Å². The van der Waals surface area contributed by atoms with Gasteiger partial charge in [-0.3, -0.25) is 19.3 Å². The predicted molar refractivity (Wildman–Crippen MR) is 99.3 cm³/mol. The molecule has 1 aromatic rings. The number of rotatable bonds is 3. The topological polar surface area (TPSA) is 89.6 Å². The first-order chi connectivity index (χ1) is 13.0. The van der Waals surface area contributed by atoms with E-state index < -0.39 is 0 Å². The average molecular weight is 373 g/mol.